The van der Waals surface area contributed by atoms with Crippen LogP contribution in [0.5, 0.6) is 5.75 Å². The first-order valence-corrected chi connectivity index (χ1v) is 11.5. The summed E-state index contributed by atoms with van der Waals surface area (Å²) in [6.45, 7) is 3.74. The zero-order valence-electron chi connectivity index (χ0n) is 17.8. The van der Waals surface area contributed by atoms with E-state index in [9.17, 15) is 18.0 Å². The van der Waals surface area contributed by atoms with Crippen molar-refractivity contribution in [1.82, 2.24) is 10.0 Å². The Hall–Kier alpha value is -2.91. The van der Waals surface area contributed by atoms with Crippen LogP contribution in [0, 0.1) is 0 Å². The van der Waals surface area contributed by atoms with Crippen molar-refractivity contribution < 1.29 is 22.7 Å². The molecule has 2 N–H and O–H groups in total. The molecule has 0 bridgehead atoms. The average Bonchev–Trinajstić information content (AvgIpc) is 3.07. The molecule has 166 valence electrons. The molecule has 3 rings (SSSR count). The van der Waals surface area contributed by atoms with Gasteiger partial charge < -0.3 is 15.0 Å². The number of sulfonamides is 1. The van der Waals surface area contributed by atoms with Gasteiger partial charge in [0.25, 0.3) is 0 Å². The summed E-state index contributed by atoms with van der Waals surface area (Å²) in [7, 11) is -2.18. The molecule has 1 aliphatic rings. The molecule has 0 aromatic heterocycles. The minimum atomic E-state index is -3.76. The van der Waals surface area contributed by atoms with Gasteiger partial charge in [-0.3, -0.25) is 9.59 Å². The van der Waals surface area contributed by atoms with Crippen LogP contribution in [0.3, 0.4) is 0 Å². The summed E-state index contributed by atoms with van der Waals surface area (Å²) in [5.74, 6) is 0.375. The lowest BCUT2D eigenvalue weighted by molar-refractivity contribution is -0.121. The van der Waals surface area contributed by atoms with Crippen LogP contribution in [0.2, 0.25) is 0 Å². The van der Waals surface area contributed by atoms with Crippen molar-refractivity contribution in [2.45, 2.75) is 44.2 Å². The van der Waals surface area contributed by atoms with E-state index in [1.165, 1.54) is 13.0 Å². The quantitative estimate of drug-likeness (QED) is 0.647. The van der Waals surface area contributed by atoms with E-state index in [0.717, 1.165) is 16.8 Å². The van der Waals surface area contributed by atoms with Gasteiger partial charge in [0.05, 0.1) is 12.0 Å². The van der Waals surface area contributed by atoms with Crippen LogP contribution in [0.15, 0.2) is 47.4 Å². The summed E-state index contributed by atoms with van der Waals surface area (Å²) in [5.41, 5.74) is 2.46. The van der Waals surface area contributed by atoms with Crippen LogP contribution >= 0.6 is 0 Å². The van der Waals surface area contributed by atoms with Crippen molar-refractivity contribution in [3.8, 4) is 5.75 Å². The molecule has 0 radical (unpaired) electrons. The number of hydrogen-bond acceptors (Lipinski definition) is 5. The molecule has 0 saturated carbocycles. The molecule has 9 heteroatoms. The van der Waals surface area contributed by atoms with Gasteiger partial charge in [-0.25, -0.2) is 13.1 Å². The normalized spacial score (nSPS) is 15.5. The van der Waals surface area contributed by atoms with E-state index in [4.69, 9.17) is 4.74 Å². The van der Waals surface area contributed by atoms with E-state index in [1.54, 1.807) is 24.1 Å². The molecule has 1 atom stereocenters. The average molecular weight is 446 g/mol. The first-order chi connectivity index (χ1) is 14.7. The Morgan fingerprint density at radius 1 is 1.19 bits per heavy atom. The number of methoxy groups -OCH3 is 1. The minimum Gasteiger partial charge on any atom is -0.497 e. The lowest BCUT2D eigenvalue weighted by Crippen LogP contribution is -2.33. The second-order valence-corrected chi connectivity index (χ2v) is 9.28. The molecule has 2 aromatic carbocycles. The van der Waals surface area contributed by atoms with Gasteiger partial charge in [-0.05, 0) is 54.8 Å². The number of nitrogens with zero attached hydrogens (tertiary/aromatic N) is 1. The summed E-state index contributed by atoms with van der Waals surface area (Å²) in [5, 5.41) is 2.76. The summed E-state index contributed by atoms with van der Waals surface area (Å²) in [6.07, 6.45) is 0.619. The largest absolute Gasteiger partial charge is 0.497 e. The predicted octanol–water partition coefficient (Wildman–Crippen LogP) is 1.98. The second-order valence-electron chi connectivity index (χ2n) is 7.51. The van der Waals surface area contributed by atoms with Crippen molar-refractivity contribution in [2.24, 2.45) is 0 Å². The lowest BCUT2D eigenvalue weighted by atomic mass is 10.1. The number of hydrogen-bond donors (Lipinski definition) is 2. The number of ether oxygens (including phenoxy) is 1. The van der Waals surface area contributed by atoms with Gasteiger partial charge in [-0.15, -0.1) is 0 Å². The van der Waals surface area contributed by atoms with Gasteiger partial charge in [0.1, 0.15) is 5.75 Å². The number of nitrogens with one attached hydrogen (secondary N) is 2. The number of benzene rings is 2. The van der Waals surface area contributed by atoms with E-state index in [1.807, 2.05) is 31.2 Å². The minimum absolute atomic E-state index is 0.00769. The SMILES string of the molecule is COc1cccc(CNC(=O)CCNS(=O)(=O)c2ccc3c(c2)C[C@H](C)N3C(C)=O)c1. The number of anilines is 1. The van der Waals surface area contributed by atoms with Gasteiger partial charge in [-0.1, -0.05) is 12.1 Å². The van der Waals surface area contributed by atoms with Crippen molar-refractivity contribution >= 4 is 27.5 Å². The Balaban J connectivity index is 1.54. The Morgan fingerprint density at radius 3 is 2.68 bits per heavy atom. The molecule has 0 spiro atoms. The Bertz CT molecular complexity index is 1080. The Kier molecular flexibility index (Phi) is 6.97. The highest BCUT2D eigenvalue weighted by molar-refractivity contribution is 7.89. The highest BCUT2D eigenvalue weighted by Crippen LogP contribution is 2.33. The molecule has 2 aromatic rings. The maximum atomic E-state index is 12.6. The molecule has 8 nitrogen and oxygen atoms in total. The smallest absolute Gasteiger partial charge is 0.240 e. The van der Waals surface area contributed by atoms with Crippen molar-refractivity contribution in [3.05, 3.63) is 53.6 Å². The van der Waals surface area contributed by atoms with Gasteiger partial charge in [0.15, 0.2) is 0 Å². The maximum absolute atomic E-state index is 12.6. The molecule has 1 aliphatic heterocycles. The summed E-state index contributed by atoms with van der Waals surface area (Å²) in [4.78, 5) is 25.7. The highest BCUT2D eigenvalue weighted by Gasteiger charge is 2.30. The summed E-state index contributed by atoms with van der Waals surface area (Å²) < 4.78 is 32.9. The third-order valence-electron chi connectivity index (χ3n) is 5.18. The molecule has 0 saturated heterocycles. The zero-order chi connectivity index (χ0) is 22.6. The third kappa shape index (κ3) is 5.42. The molecule has 31 heavy (non-hydrogen) atoms. The Morgan fingerprint density at radius 2 is 1.97 bits per heavy atom. The highest BCUT2D eigenvalue weighted by atomic mass is 32.2. The van der Waals surface area contributed by atoms with Crippen molar-refractivity contribution in [3.63, 3.8) is 0 Å². The second kappa shape index (κ2) is 9.49. The molecular weight excluding hydrogens is 418 g/mol. The molecule has 0 unspecified atom stereocenters. The topological polar surface area (TPSA) is 105 Å². The number of carbonyl (C=O) groups is 2. The van der Waals surface area contributed by atoms with E-state index in [2.05, 4.69) is 10.0 Å². The standard InChI is InChI=1S/C22H27N3O5S/c1-15-11-18-13-20(7-8-21(18)25(15)16(2)26)31(28,29)24-10-9-22(27)23-14-17-5-4-6-19(12-17)30-3/h4-8,12-13,15,24H,9-11,14H2,1-3H3,(H,23,27)/t15-/m0/s1. The summed E-state index contributed by atoms with van der Waals surface area (Å²) in [6, 6.07) is 12.1. The first kappa shape index (κ1) is 22.8. The van der Waals surface area contributed by atoms with Crippen LogP contribution in [0.4, 0.5) is 5.69 Å². The first-order valence-electron chi connectivity index (χ1n) is 10.0. The van der Waals surface area contributed by atoms with Crippen LogP contribution in [0.1, 0.15) is 31.4 Å². The molecular formula is C22H27N3O5S. The van der Waals surface area contributed by atoms with E-state index >= 15 is 0 Å². The van der Waals surface area contributed by atoms with Gasteiger partial charge in [0, 0.05) is 38.2 Å². The predicted molar refractivity (Wildman–Crippen MR) is 117 cm³/mol. The van der Waals surface area contributed by atoms with Crippen LogP contribution in [-0.2, 0) is 32.6 Å². The maximum Gasteiger partial charge on any atom is 0.240 e. The molecule has 0 fully saturated rings. The van der Waals surface area contributed by atoms with E-state index < -0.39 is 10.0 Å². The summed E-state index contributed by atoms with van der Waals surface area (Å²) >= 11 is 0. The van der Waals surface area contributed by atoms with Gasteiger partial charge >= 0.3 is 0 Å². The number of amides is 2. The van der Waals surface area contributed by atoms with E-state index in [0.29, 0.717) is 18.7 Å². The van der Waals surface area contributed by atoms with Gasteiger partial charge in [-0.2, -0.15) is 0 Å². The van der Waals surface area contributed by atoms with Crippen LogP contribution in [-0.4, -0.2) is 39.9 Å². The van der Waals surface area contributed by atoms with Crippen molar-refractivity contribution in [2.75, 3.05) is 18.6 Å². The molecule has 0 aliphatic carbocycles. The fraction of sp³-hybridized carbons (Fsp3) is 0.364. The zero-order valence-corrected chi connectivity index (χ0v) is 18.7. The van der Waals surface area contributed by atoms with Gasteiger partial charge in [0.2, 0.25) is 21.8 Å². The van der Waals surface area contributed by atoms with E-state index in [-0.39, 0.29) is 35.7 Å². The lowest BCUT2D eigenvalue weighted by Gasteiger charge is -2.20. The monoisotopic (exact) mass is 445 g/mol. The fourth-order valence-electron chi connectivity index (χ4n) is 3.71. The van der Waals surface area contributed by atoms with Crippen molar-refractivity contribution in [1.29, 1.82) is 0 Å². The van der Waals surface area contributed by atoms with Crippen LogP contribution < -0.4 is 19.7 Å². The fourth-order valence-corrected chi connectivity index (χ4v) is 4.79. The number of carbonyl (C=O) groups excluding carboxylic acids is 2. The third-order valence-corrected chi connectivity index (χ3v) is 6.64. The van der Waals surface area contributed by atoms with Crippen LogP contribution in [0.25, 0.3) is 0 Å². The Labute approximate surface area is 182 Å². The molecule has 1 heterocycles. The number of fused-ring (bicyclic) bond motifs is 1. The molecule has 2 amide bonds. The number of rotatable bonds is 8.